The fourth-order valence-electron chi connectivity index (χ4n) is 2.84. The van der Waals surface area contributed by atoms with Gasteiger partial charge < -0.3 is 19.7 Å². The Morgan fingerprint density at radius 2 is 1.72 bits per heavy atom. The van der Waals surface area contributed by atoms with E-state index in [9.17, 15) is 20.1 Å². The van der Waals surface area contributed by atoms with E-state index in [0.29, 0.717) is 11.1 Å². The van der Waals surface area contributed by atoms with Gasteiger partial charge in [-0.25, -0.2) is 0 Å². The van der Waals surface area contributed by atoms with Gasteiger partial charge in [-0.05, 0) is 17.7 Å². The summed E-state index contributed by atoms with van der Waals surface area (Å²) in [6, 6.07) is 7.23. The van der Waals surface area contributed by atoms with Crippen molar-refractivity contribution in [2.24, 2.45) is 0 Å². The standard InChI is InChI=1S/C20H18O5/c1-4-20(2,3)17-15(23)9-14(22)16-18(24)13(10-25-19(16)17)11-5-7-12(21)8-6-11/h4-10,21-23H,1H2,2-3H3. The maximum atomic E-state index is 12.9. The number of phenols is 3. The molecule has 2 aromatic carbocycles. The fraction of sp³-hybridized carbons (Fsp3) is 0.150. The Labute approximate surface area is 144 Å². The lowest BCUT2D eigenvalue weighted by molar-refractivity contribution is 0.437. The lowest BCUT2D eigenvalue weighted by atomic mass is 9.82. The molecule has 0 unspecified atom stereocenters. The Morgan fingerprint density at radius 3 is 2.32 bits per heavy atom. The lowest BCUT2D eigenvalue weighted by Crippen LogP contribution is -2.16. The summed E-state index contributed by atoms with van der Waals surface area (Å²) in [5.41, 5.74) is 0.192. The van der Waals surface area contributed by atoms with E-state index in [1.54, 1.807) is 18.2 Å². The van der Waals surface area contributed by atoms with E-state index in [2.05, 4.69) is 6.58 Å². The van der Waals surface area contributed by atoms with E-state index in [0.717, 1.165) is 6.07 Å². The lowest BCUT2D eigenvalue weighted by Gasteiger charge is -2.23. The van der Waals surface area contributed by atoms with Crippen molar-refractivity contribution in [2.45, 2.75) is 19.3 Å². The molecule has 3 aromatic rings. The summed E-state index contributed by atoms with van der Waals surface area (Å²) >= 11 is 0. The third-order valence-corrected chi connectivity index (χ3v) is 4.34. The second-order valence-corrected chi connectivity index (χ2v) is 6.45. The molecule has 0 spiro atoms. The number of rotatable bonds is 3. The van der Waals surface area contributed by atoms with Crippen molar-refractivity contribution in [1.29, 1.82) is 0 Å². The summed E-state index contributed by atoms with van der Waals surface area (Å²) < 4.78 is 5.66. The minimum Gasteiger partial charge on any atom is -0.508 e. The van der Waals surface area contributed by atoms with Crippen LogP contribution in [-0.4, -0.2) is 15.3 Å². The smallest absolute Gasteiger partial charge is 0.204 e. The molecule has 0 saturated heterocycles. The van der Waals surface area contributed by atoms with Gasteiger partial charge in [-0.1, -0.05) is 32.1 Å². The van der Waals surface area contributed by atoms with Crippen LogP contribution in [0.3, 0.4) is 0 Å². The van der Waals surface area contributed by atoms with E-state index in [-0.39, 0.29) is 33.8 Å². The second kappa shape index (κ2) is 5.70. The summed E-state index contributed by atoms with van der Waals surface area (Å²) in [5.74, 6) is -0.447. The van der Waals surface area contributed by atoms with Crippen LogP contribution in [0, 0.1) is 0 Å². The largest absolute Gasteiger partial charge is 0.508 e. The molecule has 1 heterocycles. The first-order valence-electron chi connectivity index (χ1n) is 7.70. The van der Waals surface area contributed by atoms with Gasteiger partial charge in [0.1, 0.15) is 34.5 Å². The fourth-order valence-corrected chi connectivity index (χ4v) is 2.84. The molecular formula is C20H18O5. The molecule has 0 bridgehead atoms. The maximum absolute atomic E-state index is 12.9. The quantitative estimate of drug-likeness (QED) is 0.627. The number of allylic oxidation sites excluding steroid dienone is 1. The molecule has 0 aliphatic rings. The third-order valence-electron chi connectivity index (χ3n) is 4.34. The molecule has 0 saturated carbocycles. The second-order valence-electron chi connectivity index (χ2n) is 6.45. The van der Waals surface area contributed by atoms with Crippen LogP contribution in [0.15, 0.2) is 58.5 Å². The zero-order valence-corrected chi connectivity index (χ0v) is 13.9. The van der Waals surface area contributed by atoms with Gasteiger partial charge >= 0.3 is 0 Å². The third kappa shape index (κ3) is 2.63. The Morgan fingerprint density at radius 1 is 1.08 bits per heavy atom. The van der Waals surface area contributed by atoms with Crippen LogP contribution >= 0.6 is 0 Å². The average molecular weight is 338 g/mol. The van der Waals surface area contributed by atoms with E-state index < -0.39 is 10.8 Å². The normalized spacial score (nSPS) is 11.6. The van der Waals surface area contributed by atoms with Crippen LogP contribution in [0.2, 0.25) is 0 Å². The highest BCUT2D eigenvalue weighted by Crippen LogP contribution is 2.41. The highest BCUT2D eigenvalue weighted by molar-refractivity contribution is 5.91. The molecule has 1 aromatic heterocycles. The molecule has 0 aliphatic heterocycles. The summed E-state index contributed by atoms with van der Waals surface area (Å²) in [4.78, 5) is 12.9. The summed E-state index contributed by atoms with van der Waals surface area (Å²) in [6.07, 6.45) is 2.92. The number of fused-ring (bicyclic) bond motifs is 1. The van der Waals surface area contributed by atoms with Crippen LogP contribution in [0.4, 0.5) is 0 Å². The van der Waals surface area contributed by atoms with Gasteiger partial charge in [-0.15, -0.1) is 6.58 Å². The van der Waals surface area contributed by atoms with Gasteiger partial charge in [0.2, 0.25) is 5.43 Å². The zero-order valence-electron chi connectivity index (χ0n) is 13.9. The predicted molar refractivity (Wildman–Crippen MR) is 96.1 cm³/mol. The zero-order chi connectivity index (χ0) is 18.4. The summed E-state index contributed by atoms with van der Waals surface area (Å²) in [7, 11) is 0. The molecule has 3 rings (SSSR count). The number of aromatic hydroxyl groups is 3. The molecule has 0 aliphatic carbocycles. The highest BCUT2D eigenvalue weighted by Gasteiger charge is 2.28. The van der Waals surface area contributed by atoms with Crippen molar-refractivity contribution >= 4 is 11.0 Å². The number of benzene rings is 2. The molecular weight excluding hydrogens is 320 g/mol. The SMILES string of the molecule is C=CC(C)(C)c1c(O)cc(O)c2c(=O)c(-c3ccc(O)cc3)coc12. The molecule has 25 heavy (non-hydrogen) atoms. The summed E-state index contributed by atoms with van der Waals surface area (Å²) in [6.45, 7) is 7.40. The Kier molecular flexibility index (Phi) is 3.80. The van der Waals surface area contributed by atoms with Crippen molar-refractivity contribution < 1.29 is 19.7 Å². The number of hydrogen-bond acceptors (Lipinski definition) is 5. The van der Waals surface area contributed by atoms with Crippen LogP contribution in [0.25, 0.3) is 22.1 Å². The molecule has 0 amide bonds. The molecule has 5 heteroatoms. The number of phenolic OH excluding ortho intramolecular Hbond substituents is 3. The first kappa shape index (κ1) is 16.6. The van der Waals surface area contributed by atoms with Gasteiger partial charge in [0.15, 0.2) is 0 Å². The van der Waals surface area contributed by atoms with E-state index in [4.69, 9.17) is 4.42 Å². The summed E-state index contributed by atoms with van der Waals surface area (Å²) in [5, 5.41) is 29.9. The van der Waals surface area contributed by atoms with Crippen LogP contribution in [0.5, 0.6) is 17.2 Å². The van der Waals surface area contributed by atoms with Crippen molar-refractivity contribution in [3.8, 4) is 28.4 Å². The predicted octanol–water partition coefficient (Wildman–Crippen LogP) is 4.04. The van der Waals surface area contributed by atoms with Crippen LogP contribution in [0.1, 0.15) is 19.4 Å². The Bertz CT molecular complexity index is 1030. The monoisotopic (exact) mass is 338 g/mol. The first-order chi connectivity index (χ1) is 11.8. The van der Waals surface area contributed by atoms with Crippen molar-refractivity contribution in [3.05, 3.63) is 65.0 Å². The van der Waals surface area contributed by atoms with Crippen molar-refractivity contribution in [1.82, 2.24) is 0 Å². The average Bonchev–Trinajstić information content (AvgIpc) is 2.55. The van der Waals surface area contributed by atoms with E-state index >= 15 is 0 Å². The van der Waals surface area contributed by atoms with E-state index in [1.807, 2.05) is 13.8 Å². The van der Waals surface area contributed by atoms with E-state index in [1.165, 1.54) is 18.4 Å². The molecule has 5 nitrogen and oxygen atoms in total. The van der Waals surface area contributed by atoms with Crippen molar-refractivity contribution in [2.75, 3.05) is 0 Å². The molecule has 0 fully saturated rings. The minimum atomic E-state index is -0.675. The molecule has 128 valence electrons. The van der Waals surface area contributed by atoms with Gasteiger partial charge in [0.25, 0.3) is 0 Å². The van der Waals surface area contributed by atoms with Crippen molar-refractivity contribution in [3.63, 3.8) is 0 Å². The van der Waals surface area contributed by atoms with Gasteiger partial charge in [-0.2, -0.15) is 0 Å². The molecule has 0 radical (unpaired) electrons. The Balaban J connectivity index is 2.39. The maximum Gasteiger partial charge on any atom is 0.204 e. The van der Waals surface area contributed by atoms with Gasteiger partial charge in [0, 0.05) is 17.0 Å². The van der Waals surface area contributed by atoms with Crippen LogP contribution < -0.4 is 5.43 Å². The van der Waals surface area contributed by atoms with Gasteiger partial charge in [0.05, 0.1) is 5.56 Å². The van der Waals surface area contributed by atoms with Crippen LogP contribution in [-0.2, 0) is 5.41 Å². The minimum absolute atomic E-state index is 0.00620. The first-order valence-corrected chi connectivity index (χ1v) is 7.70. The topological polar surface area (TPSA) is 90.9 Å². The number of hydrogen-bond donors (Lipinski definition) is 3. The highest BCUT2D eigenvalue weighted by atomic mass is 16.3. The Hall–Kier alpha value is -3.21. The van der Waals surface area contributed by atoms with Gasteiger partial charge in [-0.3, -0.25) is 4.79 Å². The molecule has 3 N–H and O–H groups in total. The molecule has 0 atom stereocenters.